The fraction of sp³-hybridized carbons (Fsp3) is 0.409. The number of nitrogens with one attached hydrogen (secondary N) is 1. The minimum Gasteiger partial charge on any atom is -0.483 e. The van der Waals surface area contributed by atoms with Crippen LogP contribution in [0.3, 0.4) is 0 Å². The largest absolute Gasteiger partial charge is 0.483 e. The first-order chi connectivity index (χ1) is 13.2. The predicted molar refractivity (Wildman–Crippen MR) is 106 cm³/mol. The Morgan fingerprint density at radius 2 is 2.04 bits per heavy atom. The number of likely N-dealkylation sites (N-methyl/N-ethyl adjacent to an activating group) is 1. The second-order valence-corrected chi connectivity index (χ2v) is 7.91. The van der Waals surface area contributed by atoms with Crippen molar-refractivity contribution >= 4 is 5.91 Å². The molecule has 1 heterocycles. The maximum Gasteiger partial charge on any atom is 0.258 e. The molecule has 2 aromatic carbocycles. The summed E-state index contributed by atoms with van der Waals surface area (Å²) >= 11 is 0. The molecule has 1 unspecified atom stereocenters. The van der Waals surface area contributed by atoms with Crippen LogP contribution in [0.5, 0.6) is 11.5 Å². The molecule has 1 aliphatic heterocycles. The van der Waals surface area contributed by atoms with Gasteiger partial charge in [0.25, 0.3) is 5.91 Å². The zero-order chi connectivity index (χ0) is 20.3. The van der Waals surface area contributed by atoms with Gasteiger partial charge >= 0.3 is 0 Å². The molecule has 28 heavy (non-hydrogen) atoms. The first-order valence-corrected chi connectivity index (χ1v) is 9.37. The number of hydrogen-bond donors (Lipinski definition) is 1. The molecule has 0 fully saturated rings. The van der Waals surface area contributed by atoms with Gasteiger partial charge in [-0.1, -0.05) is 24.3 Å². The molecule has 0 saturated carbocycles. The van der Waals surface area contributed by atoms with E-state index in [9.17, 15) is 9.18 Å². The van der Waals surface area contributed by atoms with Gasteiger partial charge in [-0.25, -0.2) is 4.39 Å². The Kier molecular flexibility index (Phi) is 5.89. The summed E-state index contributed by atoms with van der Waals surface area (Å²) < 4.78 is 25.2. The van der Waals surface area contributed by atoms with E-state index in [2.05, 4.69) is 5.32 Å². The van der Waals surface area contributed by atoms with Gasteiger partial charge in [0, 0.05) is 18.5 Å². The van der Waals surface area contributed by atoms with E-state index >= 15 is 0 Å². The molecule has 1 atom stereocenters. The van der Waals surface area contributed by atoms with Crippen LogP contribution in [0, 0.1) is 5.82 Å². The lowest BCUT2D eigenvalue weighted by Gasteiger charge is -2.25. The van der Waals surface area contributed by atoms with E-state index in [1.807, 2.05) is 57.1 Å². The highest BCUT2D eigenvalue weighted by molar-refractivity contribution is 5.77. The molecule has 0 spiro atoms. The van der Waals surface area contributed by atoms with Crippen LogP contribution in [-0.4, -0.2) is 43.7 Å². The lowest BCUT2D eigenvalue weighted by Crippen LogP contribution is -2.37. The first-order valence-electron chi connectivity index (χ1n) is 9.37. The molecule has 1 aliphatic rings. The molecule has 1 N–H and O–H groups in total. The van der Waals surface area contributed by atoms with Crippen molar-refractivity contribution in [3.05, 3.63) is 59.4 Å². The van der Waals surface area contributed by atoms with Crippen LogP contribution in [-0.2, 0) is 11.2 Å². The van der Waals surface area contributed by atoms with Gasteiger partial charge in [-0.3, -0.25) is 4.79 Å². The lowest BCUT2D eigenvalue weighted by molar-refractivity contribution is -0.123. The summed E-state index contributed by atoms with van der Waals surface area (Å²) in [5.74, 6) is 0.761. The molecule has 2 aromatic rings. The van der Waals surface area contributed by atoms with E-state index < -0.39 is 0 Å². The standard InChI is InChI=1S/C22H27FN2O3/c1-22(2)12-16-8-6-10-19(21(16)28-22)27-14-20(26)24-13-18(25(3)4)15-7-5-9-17(23)11-15/h5-11,18H,12-14H2,1-4H3,(H,24,26). The Hall–Kier alpha value is -2.60. The highest BCUT2D eigenvalue weighted by Crippen LogP contribution is 2.41. The highest BCUT2D eigenvalue weighted by Gasteiger charge is 2.32. The van der Waals surface area contributed by atoms with Crippen LogP contribution in [0.2, 0.25) is 0 Å². The average molecular weight is 386 g/mol. The topological polar surface area (TPSA) is 50.8 Å². The van der Waals surface area contributed by atoms with Crippen molar-refractivity contribution in [2.75, 3.05) is 27.2 Å². The summed E-state index contributed by atoms with van der Waals surface area (Å²) in [6.07, 6.45) is 0.809. The van der Waals surface area contributed by atoms with Crippen molar-refractivity contribution in [1.82, 2.24) is 10.2 Å². The number of ether oxygens (including phenoxy) is 2. The summed E-state index contributed by atoms with van der Waals surface area (Å²) in [5, 5.41) is 2.87. The van der Waals surface area contributed by atoms with Crippen molar-refractivity contribution in [3.63, 3.8) is 0 Å². The smallest absolute Gasteiger partial charge is 0.258 e. The molecule has 0 aromatic heterocycles. The van der Waals surface area contributed by atoms with Gasteiger partial charge in [0.05, 0.1) is 6.04 Å². The minimum atomic E-state index is -0.292. The summed E-state index contributed by atoms with van der Waals surface area (Å²) in [6, 6.07) is 12.0. The van der Waals surface area contributed by atoms with Crippen LogP contribution in [0.4, 0.5) is 4.39 Å². The van der Waals surface area contributed by atoms with Crippen molar-refractivity contribution in [2.45, 2.75) is 31.9 Å². The van der Waals surface area contributed by atoms with E-state index in [1.165, 1.54) is 12.1 Å². The van der Waals surface area contributed by atoms with Gasteiger partial charge in [-0.15, -0.1) is 0 Å². The normalized spacial score (nSPS) is 15.6. The highest BCUT2D eigenvalue weighted by atomic mass is 19.1. The number of para-hydroxylation sites is 1. The number of nitrogens with zero attached hydrogens (tertiary/aromatic N) is 1. The number of carbonyl (C=O) groups excluding carboxylic acids is 1. The quantitative estimate of drug-likeness (QED) is 0.793. The second-order valence-electron chi connectivity index (χ2n) is 7.91. The van der Waals surface area contributed by atoms with Crippen molar-refractivity contribution in [2.24, 2.45) is 0 Å². The number of carbonyl (C=O) groups is 1. The number of hydrogen-bond acceptors (Lipinski definition) is 4. The van der Waals surface area contributed by atoms with Crippen molar-refractivity contribution in [3.8, 4) is 11.5 Å². The Bertz CT molecular complexity index is 851. The zero-order valence-electron chi connectivity index (χ0n) is 16.8. The second kappa shape index (κ2) is 8.19. The Morgan fingerprint density at radius 1 is 1.29 bits per heavy atom. The van der Waals surface area contributed by atoms with Gasteiger partial charge in [0.2, 0.25) is 0 Å². The van der Waals surface area contributed by atoms with Gasteiger partial charge in [0.15, 0.2) is 18.1 Å². The summed E-state index contributed by atoms with van der Waals surface area (Å²) in [7, 11) is 3.79. The third kappa shape index (κ3) is 4.81. The van der Waals surface area contributed by atoms with Gasteiger partial charge in [0.1, 0.15) is 11.4 Å². The number of amides is 1. The lowest BCUT2D eigenvalue weighted by atomic mass is 10.0. The first kappa shape index (κ1) is 20.1. The summed E-state index contributed by atoms with van der Waals surface area (Å²) in [4.78, 5) is 14.2. The number of fused-ring (bicyclic) bond motifs is 1. The fourth-order valence-corrected chi connectivity index (χ4v) is 3.42. The number of rotatable bonds is 7. The molecule has 6 heteroatoms. The van der Waals surface area contributed by atoms with E-state index in [0.717, 1.165) is 17.5 Å². The van der Waals surface area contributed by atoms with Crippen molar-refractivity contribution < 1.29 is 18.7 Å². The van der Waals surface area contributed by atoms with Gasteiger partial charge in [-0.2, -0.15) is 0 Å². The maximum absolute atomic E-state index is 13.5. The number of benzene rings is 2. The Balaban J connectivity index is 1.57. The average Bonchev–Trinajstić information content (AvgIpc) is 2.94. The molecular weight excluding hydrogens is 359 g/mol. The van der Waals surface area contributed by atoms with Crippen LogP contribution < -0.4 is 14.8 Å². The summed E-state index contributed by atoms with van der Waals surface area (Å²) in [6.45, 7) is 4.30. The minimum absolute atomic E-state index is 0.108. The third-order valence-corrected chi connectivity index (χ3v) is 4.76. The SMILES string of the molecule is CN(C)C(CNC(=O)COc1cccc2c1OC(C)(C)C2)c1cccc(F)c1. The Morgan fingerprint density at radius 3 is 2.75 bits per heavy atom. The molecule has 0 saturated heterocycles. The molecule has 0 bridgehead atoms. The molecule has 150 valence electrons. The molecule has 0 aliphatic carbocycles. The summed E-state index contributed by atoms with van der Waals surface area (Å²) in [5.41, 5.74) is 1.62. The van der Waals surface area contributed by atoms with Crippen LogP contribution in [0.15, 0.2) is 42.5 Å². The maximum atomic E-state index is 13.5. The van der Waals surface area contributed by atoms with Gasteiger partial charge < -0.3 is 19.7 Å². The fourth-order valence-electron chi connectivity index (χ4n) is 3.42. The van der Waals surface area contributed by atoms with E-state index in [0.29, 0.717) is 18.0 Å². The van der Waals surface area contributed by atoms with Crippen molar-refractivity contribution in [1.29, 1.82) is 0 Å². The third-order valence-electron chi connectivity index (χ3n) is 4.76. The van der Waals surface area contributed by atoms with Gasteiger partial charge in [-0.05, 0) is 51.7 Å². The zero-order valence-corrected chi connectivity index (χ0v) is 16.8. The van der Waals surface area contributed by atoms with Crippen LogP contribution >= 0.6 is 0 Å². The molecule has 0 radical (unpaired) electrons. The molecular formula is C22H27FN2O3. The Labute approximate surface area is 165 Å². The van der Waals surface area contributed by atoms with E-state index in [1.54, 1.807) is 6.07 Å². The molecule has 3 rings (SSSR count). The molecule has 1 amide bonds. The monoisotopic (exact) mass is 386 g/mol. The molecule has 5 nitrogen and oxygen atoms in total. The number of halogens is 1. The van der Waals surface area contributed by atoms with Crippen LogP contribution in [0.1, 0.15) is 31.0 Å². The predicted octanol–water partition coefficient (Wildman–Crippen LogP) is 3.34. The van der Waals surface area contributed by atoms with Crippen LogP contribution in [0.25, 0.3) is 0 Å². The van der Waals surface area contributed by atoms with E-state index in [4.69, 9.17) is 9.47 Å². The van der Waals surface area contributed by atoms with E-state index in [-0.39, 0.29) is 30.0 Å².